The van der Waals surface area contributed by atoms with Gasteiger partial charge in [0.1, 0.15) is 0 Å². The van der Waals surface area contributed by atoms with Crippen molar-refractivity contribution < 1.29 is 0 Å². The van der Waals surface area contributed by atoms with Crippen LogP contribution in [0.1, 0.15) is 88.1 Å². The van der Waals surface area contributed by atoms with E-state index in [2.05, 4.69) is 51.8 Å². The summed E-state index contributed by atoms with van der Waals surface area (Å²) in [5.74, 6) is 0.838. The molecule has 1 aromatic carbocycles. The summed E-state index contributed by atoms with van der Waals surface area (Å²) in [6, 6.07) is 8.66. The van der Waals surface area contributed by atoms with E-state index < -0.39 is 0 Å². The summed E-state index contributed by atoms with van der Waals surface area (Å²) < 4.78 is 0. The van der Waals surface area contributed by atoms with Gasteiger partial charge in [-0.1, -0.05) is 89.0 Å². The van der Waals surface area contributed by atoms with E-state index in [-0.39, 0.29) is 0 Å². The molecule has 24 heavy (non-hydrogen) atoms. The highest BCUT2D eigenvalue weighted by atomic mass is 15.5. The number of aromatic nitrogens is 4. The van der Waals surface area contributed by atoms with E-state index >= 15 is 0 Å². The van der Waals surface area contributed by atoms with Crippen molar-refractivity contribution in [2.75, 3.05) is 0 Å². The Hall–Kier alpha value is -1.71. The molecule has 1 aromatic heterocycles. The first-order valence-electron chi connectivity index (χ1n) is 9.69. The number of tetrazole rings is 1. The van der Waals surface area contributed by atoms with Gasteiger partial charge in [-0.2, -0.15) is 0 Å². The Kier molecular flexibility index (Phi) is 9.13. The lowest BCUT2D eigenvalue weighted by atomic mass is 9.98. The van der Waals surface area contributed by atoms with Crippen LogP contribution in [0, 0.1) is 0 Å². The Morgan fingerprint density at radius 3 is 2.04 bits per heavy atom. The van der Waals surface area contributed by atoms with Gasteiger partial charge in [0.05, 0.1) is 0 Å². The number of nitrogens with one attached hydrogen (secondary N) is 1. The van der Waals surface area contributed by atoms with Crippen LogP contribution in [0.15, 0.2) is 24.3 Å². The second-order valence-electron chi connectivity index (χ2n) is 6.73. The zero-order valence-corrected chi connectivity index (χ0v) is 15.1. The predicted octanol–water partition coefficient (Wildman–Crippen LogP) is 5.25. The van der Waals surface area contributed by atoms with Crippen LogP contribution < -0.4 is 0 Å². The van der Waals surface area contributed by atoms with Crippen molar-refractivity contribution in [3.63, 3.8) is 0 Å². The molecule has 0 unspecified atom stereocenters. The number of nitrogens with zero attached hydrogens (tertiary/aromatic N) is 3. The van der Waals surface area contributed by atoms with Gasteiger partial charge in [0, 0.05) is 6.42 Å². The number of aromatic amines is 1. The summed E-state index contributed by atoms with van der Waals surface area (Å²) in [5, 5.41) is 14.2. The van der Waals surface area contributed by atoms with Gasteiger partial charge < -0.3 is 0 Å². The molecule has 0 spiro atoms. The summed E-state index contributed by atoms with van der Waals surface area (Å²) in [7, 11) is 0. The topological polar surface area (TPSA) is 54.5 Å². The van der Waals surface area contributed by atoms with E-state index in [4.69, 9.17) is 0 Å². The largest absolute Gasteiger partial charge is 0.243 e. The van der Waals surface area contributed by atoms with Gasteiger partial charge in [0.2, 0.25) is 0 Å². The Bertz CT molecular complexity index is 536. The predicted molar refractivity (Wildman–Crippen MR) is 99.0 cm³/mol. The maximum Gasteiger partial charge on any atom is 0.152 e. The highest BCUT2D eigenvalue weighted by Gasteiger charge is 2.05. The van der Waals surface area contributed by atoms with Gasteiger partial charge in [0.25, 0.3) is 0 Å². The SMILES string of the molecule is CCCCCCCCCCCCc1ccccc1Cc1nnn[nH]1. The number of benzene rings is 1. The van der Waals surface area contributed by atoms with Crippen molar-refractivity contribution in [3.05, 3.63) is 41.2 Å². The van der Waals surface area contributed by atoms with Crippen LogP contribution in [0.2, 0.25) is 0 Å². The van der Waals surface area contributed by atoms with Crippen molar-refractivity contribution in [1.29, 1.82) is 0 Å². The lowest BCUT2D eigenvalue weighted by molar-refractivity contribution is 0.556. The zero-order valence-electron chi connectivity index (χ0n) is 15.1. The molecule has 1 heterocycles. The van der Waals surface area contributed by atoms with Crippen LogP contribution in [-0.2, 0) is 12.8 Å². The lowest BCUT2D eigenvalue weighted by Crippen LogP contribution is -1.98. The Balaban J connectivity index is 1.59. The molecule has 0 aliphatic heterocycles. The van der Waals surface area contributed by atoms with E-state index in [0.29, 0.717) is 0 Å². The Morgan fingerprint density at radius 2 is 1.42 bits per heavy atom. The third-order valence-electron chi connectivity index (χ3n) is 4.67. The number of unbranched alkanes of at least 4 members (excludes halogenated alkanes) is 9. The van der Waals surface area contributed by atoms with Gasteiger partial charge in [-0.25, -0.2) is 5.10 Å². The Labute approximate surface area is 146 Å². The molecule has 132 valence electrons. The quantitative estimate of drug-likeness (QED) is 0.511. The number of hydrogen-bond donors (Lipinski definition) is 1. The smallest absolute Gasteiger partial charge is 0.152 e. The molecule has 0 amide bonds. The van der Waals surface area contributed by atoms with Crippen molar-refractivity contribution in [2.24, 2.45) is 0 Å². The first-order valence-corrected chi connectivity index (χ1v) is 9.69. The molecular weight excluding hydrogens is 296 g/mol. The molecule has 0 atom stereocenters. The van der Waals surface area contributed by atoms with Gasteiger partial charge in [-0.15, -0.1) is 5.10 Å². The second-order valence-corrected chi connectivity index (χ2v) is 6.73. The first-order chi connectivity index (χ1) is 11.9. The van der Waals surface area contributed by atoms with Crippen LogP contribution in [-0.4, -0.2) is 20.6 Å². The number of rotatable bonds is 13. The second kappa shape index (κ2) is 11.8. The van der Waals surface area contributed by atoms with Gasteiger partial charge in [-0.3, -0.25) is 0 Å². The fourth-order valence-electron chi connectivity index (χ4n) is 3.21. The fraction of sp³-hybridized carbons (Fsp3) is 0.650. The molecule has 0 radical (unpaired) electrons. The first kappa shape index (κ1) is 18.6. The van der Waals surface area contributed by atoms with Crippen LogP contribution in [0.5, 0.6) is 0 Å². The standard InChI is InChI=1S/C20H32N4/c1-2-3-4-5-6-7-8-9-10-11-14-18-15-12-13-16-19(18)17-20-21-23-24-22-20/h12-13,15-16H,2-11,14,17H2,1H3,(H,21,22,23,24). The normalized spacial score (nSPS) is 11.0. The van der Waals surface area contributed by atoms with Crippen LogP contribution in [0.25, 0.3) is 0 Å². The van der Waals surface area contributed by atoms with Crippen molar-refractivity contribution >= 4 is 0 Å². The molecule has 0 fully saturated rings. The molecule has 0 saturated heterocycles. The average Bonchev–Trinajstić information content (AvgIpc) is 3.11. The summed E-state index contributed by atoms with van der Waals surface area (Å²) in [4.78, 5) is 0. The van der Waals surface area contributed by atoms with Crippen LogP contribution in [0.3, 0.4) is 0 Å². The summed E-state index contributed by atoms with van der Waals surface area (Å²) in [6.45, 7) is 2.28. The van der Waals surface area contributed by atoms with Crippen molar-refractivity contribution in [2.45, 2.75) is 84.0 Å². The van der Waals surface area contributed by atoms with E-state index in [0.717, 1.165) is 18.7 Å². The van der Waals surface area contributed by atoms with E-state index in [1.165, 1.54) is 75.3 Å². The summed E-state index contributed by atoms with van der Waals surface area (Å²) in [6.07, 6.45) is 15.8. The van der Waals surface area contributed by atoms with Gasteiger partial charge in [-0.05, 0) is 34.4 Å². The van der Waals surface area contributed by atoms with E-state index in [1.54, 1.807) is 0 Å². The minimum Gasteiger partial charge on any atom is -0.243 e. The number of aryl methyl sites for hydroxylation is 1. The molecular formula is C20H32N4. The highest BCUT2D eigenvalue weighted by Crippen LogP contribution is 2.16. The minimum atomic E-state index is 0.793. The lowest BCUT2D eigenvalue weighted by Gasteiger charge is -2.08. The maximum atomic E-state index is 3.99. The highest BCUT2D eigenvalue weighted by molar-refractivity contribution is 5.29. The van der Waals surface area contributed by atoms with Crippen LogP contribution in [0.4, 0.5) is 0 Å². The number of hydrogen-bond acceptors (Lipinski definition) is 3. The molecule has 1 N–H and O–H groups in total. The van der Waals surface area contributed by atoms with Crippen LogP contribution >= 0.6 is 0 Å². The Morgan fingerprint density at radius 1 is 0.792 bits per heavy atom. The molecule has 0 aliphatic carbocycles. The minimum absolute atomic E-state index is 0.793. The fourth-order valence-corrected chi connectivity index (χ4v) is 3.21. The van der Waals surface area contributed by atoms with Gasteiger partial charge in [0.15, 0.2) is 5.82 Å². The monoisotopic (exact) mass is 328 g/mol. The molecule has 4 nitrogen and oxygen atoms in total. The van der Waals surface area contributed by atoms with E-state index in [9.17, 15) is 0 Å². The molecule has 4 heteroatoms. The van der Waals surface area contributed by atoms with Crippen molar-refractivity contribution in [3.8, 4) is 0 Å². The zero-order chi connectivity index (χ0) is 16.9. The molecule has 0 bridgehead atoms. The maximum absolute atomic E-state index is 3.99. The molecule has 0 aliphatic rings. The molecule has 0 saturated carbocycles. The van der Waals surface area contributed by atoms with E-state index in [1.807, 2.05) is 0 Å². The third-order valence-corrected chi connectivity index (χ3v) is 4.67. The molecule has 2 rings (SSSR count). The van der Waals surface area contributed by atoms with Gasteiger partial charge >= 0.3 is 0 Å². The third kappa shape index (κ3) is 7.24. The average molecular weight is 329 g/mol. The summed E-state index contributed by atoms with van der Waals surface area (Å²) >= 11 is 0. The molecule has 2 aromatic rings. The number of H-pyrrole nitrogens is 1. The summed E-state index contributed by atoms with van der Waals surface area (Å²) in [5.41, 5.74) is 2.78. The van der Waals surface area contributed by atoms with Crippen molar-refractivity contribution in [1.82, 2.24) is 20.6 Å².